The lowest BCUT2D eigenvalue weighted by Gasteiger charge is -2.02. The second-order valence-electron chi connectivity index (χ2n) is 2.92. The molecule has 0 unspecified atom stereocenters. The standard InChI is InChI=1S/C9H8ClN3O2/c1-5-4-6(2-3-7(5)10)14-9-13-12-8(11)15-9/h2-4H,1H3,(H2,11,12). The van der Waals surface area contributed by atoms with E-state index in [-0.39, 0.29) is 12.1 Å². The van der Waals surface area contributed by atoms with Crippen molar-refractivity contribution in [2.24, 2.45) is 0 Å². The molecule has 0 spiro atoms. The first-order valence-electron chi connectivity index (χ1n) is 4.18. The van der Waals surface area contributed by atoms with Crippen molar-refractivity contribution in [3.05, 3.63) is 28.8 Å². The maximum atomic E-state index is 5.86. The summed E-state index contributed by atoms with van der Waals surface area (Å²) >= 11 is 5.86. The fraction of sp³-hybridized carbons (Fsp3) is 0.111. The summed E-state index contributed by atoms with van der Waals surface area (Å²) in [4.78, 5) is 0. The van der Waals surface area contributed by atoms with Crippen molar-refractivity contribution >= 4 is 17.6 Å². The topological polar surface area (TPSA) is 74.2 Å². The van der Waals surface area contributed by atoms with Crippen LogP contribution in [0.3, 0.4) is 0 Å². The first-order chi connectivity index (χ1) is 7.15. The van der Waals surface area contributed by atoms with Gasteiger partial charge in [-0.15, -0.1) is 0 Å². The SMILES string of the molecule is Cc1cc(Oc2nnc(N)o2)ccc1Cl. The van der Waals surface area contributed by atoms with Crippen molar-refractivity contribution in [1.29, 1.82) is 0 Å². The zero-order chi connectivity index (χ0) is 10.8. The molecule has 2 N–H and O–H groups in total. The predicted molar refractivity (Wildman–Crippen MR) is 55.0 cm³/mol. The highest BCUT2D eigenvalue weighted by Gasteiger charge is 2.06. The van der Waals surface area contributed by atoms with Crippen LogP contribution >= 0.6 is 11.6 Å². The van der Waals surface area contributed by atoms with Gasteiger partial charge in [-0.25, -0.2) is 0 Å². The van der Waals surface area contributed by atoms with Crippen LogP contribution in [0.1, 0.15) is 5.56 Å². The Morgan fingerprint density at radius 1 is 1.40 bits per heavy atom. The van der Waals surface area contributed by atoms with Gasteiger partial charge in [0.25, 0.3) is 0 Å². The van der Waals surface area contributed by atoms with Crippen molar-refractivity contribution in [1.82, 2.24) is 10.2 Å². The lowest BCUT2D eigenvalue weighted by Crippen LogP contribution is -1.85. The summed E-state index contributed by atoms with van der Waals surface area (Å²) in [7, 11) is 0. The van der Waals surface area contributed by atoms with E-state index in [1.807, 2.05) is 6.92 Å². The van der Waals surface area contributed by atoms with Crippen LogP contribution in [0.15, 0.2) is 22.6 Å². The third kappa shape index (κ3) is 2.19. The van der Waals surface area contributed by atoms with Crippen molar-refractivity contribution in [2.45, 2.75) is 6.92 Å². The second kappa shape index (κ2) is 3.78. The van der Waals surface area contributed by atoms with E-state index in [0.717, 1.165) is 5.56 Å². The molecule has 5 nitrogen and oxygen atoms in total. The van der Waals surface area contributed by atoms with Gasteiger partial charge in [-0.2, -0.15) is 0 Å². The van der Waals surface area contributed by atoms with E-state index in [4.69, 9.17) is 26.5 Å². The molecule has 1 aromatic heterocycles. The number of hydrogen-bond donors (Lipinski definition) is 1. The van der Waals surface area contributed by atoms with Crippen LogP contribution in [0, 0.1) is 6.92 Å². The Hall–Kier alpha value is -1.75. The maximum absolute atomic E-state index is 5.86. The van der Waals surface area contributed by atoms with E-state index in [0.29, 0.717) is 10.8 Å². The van der Waals surface area contributed by atoms with E-state index in [9.17, 15) is 0 Å². The number of rotatable bonds is 2. The predicted octanol–water partition coefficient (Wildman–Crippen LogP) is 2.41. The molecular formula is C9H8ClN3O2. The number of anilines is 1. The van der Waals surface area contributed by atoms with Crippen LogP contribution in [0.5, 0.6) is 11.8 Å². The largest absolute Gasteiger partial charge is 0.421 e. The molecule has 0 amide bonds. The summed E-state index contributed by atoms with van der Waals surface area (Å²) in [6, 6.07) is 5.17. The van der Waals surface area contributed by atoms with Crippen molar-refractivity contribution in [2.75, 3.05) is 5.73 Å². The summed E-state index contributed by atoms with van der Waals surface area (Å²) in [6.45, 7) is 1.87. The molecule has 0 bridgehead atoms. The van der Waals surface area contributed by atoms with E-state index in [2.05, 4.69) is 10.2 Å². The summed E-state index contributed by atoms with van der Waals surface area (Å²) in [5.74, 6) is 0.570. The van der Waals surface area contributed by atoms with Crippen molar-refractivity contribution < 1.29 is 9.15 Å². The molecule has 2 aromatic rings. The highest BCUT2D eigenvalue weighted by Crippen LogP contribution is 2.25. The van der Waals surface area contributed by atoms with Crippen LogP contribution in [0.25, 0.3) is 0 Å². The first kappa shape index (κ1) is 9.79. The molecule has 0 radical (unpaired) electrons. The number of nitrogens with zero attached hydrogens (tertiary/aromatic N) is 2. The molecule has 0 aliphatic carbocycles. The average molecular weight is 226 g/mol. The van der Waals surface area contributed by atoms with E-state index < -0.39 is 0 Å². The molecule has 0 aliphatic heterocycles. The van der Waals surface area contributed by atoms with Gasteiger partial charge < -0.3 is 14.9 Å². The smallest absolute Gasteiger partial charge is 0.410 e. The first-order valence-corrected chi connectivity index (χ1v) is 4.56. The Balaban J connectivity index is 2.21. The lowest BCUT2D eigenvalue weighted by molar-refractivity contribution is 0.336. The Labute approximate surface area is 90.8 Å². The lowest BCUT2D eigenvalue weighted by atomic mass is 10.2. The fourth-order valence-corrected chi connectivity index (χ4v) is 1.16. The zero-order valence-corrected chi connectivity index (χ0v) is 8.65. The van der Waals surface area contributed by atoms with E-state index in [1.54, 1.807) is 18.2 Å². The highest BCUT2D eigenvalue weighted by molar-refractivity contribution is 6.31. The fourth-order valence-electron chi connectivity index (χ4n) is 1.04. The van der Waals surface area contributed by atoms with Crippen molar-refractivity contribution in [3.8, 4) is 11.8 Å². The van der Waals surface area contributed by atoms with Crippen LogP contribution in [0.2, 0.25) is 5.02 Å². The van der Waals surface area contributed by atoms with Crippen molar-refractivity contribution in [3.63, 3.8) is 0 Å². The van der Waals surface area contributed by atoms with E-state index >= 15 is 0 Å². The number of nitrogen functional groups attached to an aromatic ring is 1. The normalized spacial score (nSPS) is 10.3. The molecule has 1 heterocycles. The molecule has 0 aliphatic rings. The second-order valence-corrected chi connectivity index (χ2v) is 3.33. The van der Waals surface area contributed by atoms with Gasteiger partial charge in [0.15, 0.2) is 0 Å². The van der Waals surface area contributed by atoms with Gasteiger partial charge in [0.2, 0.25) is 0 Å². The average Bonchev–Trinajstić information content (AvgIpc) is 2.58. The Kier molecular flexibility index (Phi) is 2.47. The Morgan fingerprint density at radius 2 is 2.20 bits per heavy atom. The molecule has 0 saturated carbocycles. The van der Waals surface area contributed by atoms with Gasteiger partial charge in [-0.3, -0.25) is 0 Å². The van der Waals surface area contributed by atoms with Crippen LogP contribution < -0.4 is 10.5 Å². The molecule has 0 fully saturated rings. The summed E-state index contributed by atoms with van der Waals surface area (Å²) in [6.07, 6.45) is 0.00854. The molecule has 0 saturated heterocycles. The third-order valence-electron chi connectivity index (χ3n) is 1.76. The Bertz CT molecular complexity index is 484. The number of halogens is 1. The van der Waals surface area contributed by atoms with Gasteiger partial charge >= 0.3 is 12.1 Å². The number of aromatic nitrogens is 2. The van der Waals surface area contributed by atoms with Crippen LogP contribution in [-0.2, 0) is 0 Å². The molecule has 0 atom stereocenters. The minimum atomic E-state index is -0.0318. The maximum Gasteiger partial charge on any atom is 0.421 e. The summed E-state index contributed by atoms with van der Waals surface area (Å²) < 4.78 is 10.1. The highest BCUT2D eigenvalue weighted by atomic mass is 35.5. The third-order valence-corrected chi connectivity index (χ3v) is 2.18. The number of hydrogen-bond acceptors (Lipinski definition) is 5. The number of aryl methyl sites for hydroxylation is 1. The Morgan fingerprint density at radius 3 is 2.80 bits per heavy atom. The summed E-state index contributed by atoms with van der Waals surface area (Å²) in [5, 5.41) is 7.70. The minimum Gasteiger partial charge on any atom is -0.410 e. The van der Waals surface area contributed by atoms with Crippen LogP contribution in [0.4, 0.5) is 6.01 Å². The number of nitrogens with two attached hydrogens (primary N) is 1. The number of ether oxygens (including phenoxy) is 1. The summed E-state index contributed by atoms with van der Waals surface area (Å²) in [5.41, 5.74) is 6.15. The van der Waals surface area contributed by atoms with Gasteiger partial charge in [-0.1, -0.05) is 21.8 Å². The van der Waals surface area contributed by atoms with Gasteiger partial charge in [0.05, 0.1) is 0 Å². The monoisotopic (exact) mass is 225 g/mol. The van der Waals surface area contributed by atoms with Gasteiger partial charge in [0.1, 0.15) is 5.75 Å². The molecule has 78 valence electrons. The zero-order valence-electron chi connectivity index (χ0n) is 7.90. The molecule has 15 heavy (non-hydrogen) atoms. The molecule has 6 heteroatoms. The quantitative estimate of drug-likeness (QED) is 0.850. The van der Waals surface area contributed by atoms with E-state index in [1.165, 1.54) is 0 Å². The molecular weight excluding hydrogens is 218 g/mol. The molecule has 1 aromatic carbocycles. The van der Waals surface area contributed by atoms with Gasteiger partial charge in [-0.05, 0) is 30.7 Å². The molecule has 2 rings (SSSR count). The minimum absolute atomic E-state index is 0.00854. The van der Waals surface area contributed by atoms with Gasteiger partial charge in [0, 0.05) is 5.02 Å². The van der Waals surface area contributed by atoms with Crippen LogP contribution in [-0.4, -0.2) is 10.2 Å². The number of benzene rings is 1.